The number of benzene rings is 1. The number of nitrogens with zero attached hydrogens (tertiary/aromatic N) is 1. The second kappa shape index (κ2) is 10.7. The summed E-state index contributed by atoms with van der Waals surface area (Å²) in [5, 5.41) is 3.08. The lowest BCUT2D eigenvalue weighted by atomic mass is 9.86. The Morgan fingerprint density at radius 3 is 2.25 bits per heavy atom. The minimum atomic E-state index is -0.445. The van der Waals surface area contributed by atoms with E-state index in [1.165, 1.54) is 0 Å². The lowest BCUT2D eigenvalue weighted by Crippen LogP contribution is -2.32. The first-order valence-electron chi connectivity index (χ1n) is 9.27. The van der Waals surface area contributed by atoms with Crippen LogP contribution in [0.15, 0.2) is 23.2 Å². The number of ether oxygens (including phenoxy) is 3. The predicted octanol–water partition coefficient (Wildman–Crippen LogP) is 3.95. The molecular formula is C20H32IN3O4. The Bertz CT molecular complexity index is 681. The fraction of sp³-hybridized carbons (Fsp3) is 0.600. The zero-order valence-electron chi connectivity index (χ0n) is 17.3. The number of hydrogen-bond donors (Lipinski definition) is 2. The highest BCUT2D eigenvalue weighted by Gasteiger charge is 2.29. The molecule has 0 saturated heterocycles. The van der Waals surface area contributed by atoms with E-state index >= 15 is 0 Å². The van der Waals surface area contributed by atoms with Crippen LogP contribution in [-0.4, -0.2) is 37.8 Å². The molecule has 0 aromatic heterocycles. The number of methoxy groups -OCH3 is 2. The number of halogens is 1. The van der Waals surface area contributed by atoms with Crippen molar-refractivity contribution in [2.75, 3.05) is 19.5 Å². The molecule has 1 aliphatic rings. The molecule has 28 heavy (non-hydrogen) atoms. The predicted molar refractivity (Wildman–Crippen MR) is 122 cm³/mol. The van der Waals surface area contributed by atoms with Crippen LogP contribution in [0.25, 0.3) is 0 Å². The highest BCUT2D eigenvalue weighted by Crippen LogP contribution is 2.30. The van der Waals surface area contributed by atoms with E-state index in [1.807, 2.05) is 26.8 Å². The molecule has 8 heteroatoms. The third-order valence-corrected chi connectivity index (χ3v) is 4.41. The van der Waals surface area contributed by atoms with Gasteiger partial charge in [0.2, 0.25) is 0 Å². The zero-order chi connectivity index (χ0) is 20.0. The molecule has 3 N–H and O–H groups in total. The van der Waals surface area contributed by atoms with E-state index in [4.69, 9.17) is 19.9 Å². The van der Waals surface area contributed by atoms with Crippen LogP contribution < -0.4 is 20.5 Å². The van der Waals surface area contributed by atoms with Crippen molar-refractivity contribution in [3.63, 3.8) is 0 Å². The Balaban J connectivity index is 0.00000392. The fourth-order valence-corrected chi connectivity index (χ4v) is 3.12. The van der Waals surface area contributed by atoms with Gasteiger partial charge in [-0.05, 0) is 58.6 Å². The number of nitrogens with two attached hydrogens (primary N) is 1. The number of carbonyl (C=O) groups excluding carboxylic acids is 1. The molecule has 0 heterocycles. The number of esters is 1. The van der Waals surface area contributed by atoms with Gasteiger partial charge in [0.25, 0.3) is 0 Å². The summed E-state index contributed by atoms with van der Waals surface area (Å²) in [6, 6.07) is 5.57. The molecule has 158 valence electrons. The van der Waals surface area contributed by atoms with Crippen LogP contribution in [0.2, 0.25) is 0 Å². The Morgan fingerprint density at radius 2 is 1.71 bits per heavy atom. The van der Waals surface area contributed by atoms with Crippen LogP contribution in [0.3, 0.4) is 0 Å². The van der Waals surface area contributed by atoms with Gasteiger partial charge < -0.3 is 25.3 Å². The minimum absolute atomic E-state index is 0. The summed E-state index contributed by atoms with van der Waals surface area (Å²) < 4.78 is 16.0. The van der Waals surface area contributed by atoms with Gasteiger partial charge >= 0.3 is 5.97 Å². The molecule has 1 aromatic rings. The highest BCUT2D eigenvalue weighted by molar-refractivity contribution is 14.0. The molecule has 0 aliphatic heterocycles. The molecule has 0 radical (unpaired) electrons. The third-order valence-electron chi connectivity index (χ3n) is 4.41. The number of aliphatic imine (C=N–C) groups is 1. The Kier molecular flexibility index (Phi) is 9.32. The van der Waals surface area contributed by atoms with Gasteiger partial charge in [0.1, 0.15) is 5.60 Å². The quantitative estimate of drug-likeness (QED) is 0.273. The first-order chi connectivity index (χ1) is 12.7. The number of carbonyl (C=O) groups is 1. The van der Waals surface area contributed by atoms with Crippen molar-refractivity contribution in [2.45, 2.75) is 58.1 Å². The molecule has 0 spiro atoms. The molecule has 1 saturated carbocycles. The molecule has 2 rings (SSSR count). The van der Waals surface area contributed by atoms with Gasteiger partial charge in [0.15, 0.2) is 17.5 Å². The molecular weight excluding hydrogens is 473 g/mol. The largest absolute Gasteiger partial charge is 0.493 e. The summed E-state index contributed by atoms with van der Waals surface area (Å²) in [5.41, 5.74) is 6.38. The van der Waals surface area contributed by atoms with Gasteiger partial charge in [-0.15, -0.1) is 24.0 Å². The van der Waals surface area contributed by atoms with E-state index in [1.54, 1.807) is 26.4 Å². The van der Waals surface area contributed by atoms with Gasteiger partial charge in [0, 0.05) is 11.8 Å². The van der Waals surface area contributed by atoms with Gasteiger partial charge in [-0.2, -0.15) is 0 Å². The van der Waals surface area contributed by atoms with E-state index in [9.17, 15) is 4.79 Å². The topological polar surface area (TPSA) is 95.2 Å². The second-order valence-electron chi connectivity index (χ2n) is 7.75. The summed E-state index contributed by atoms with van der Waals surface area (Å²) in [7, 11) is 3.18. The van der Waals surface area contributed by atoms with Gasteiger partial charge in [0.05, 0.1) is 26.2 Å². The maximum Gasteiger partial charge on any atom is 0.309 e. The first kappa shape index (κ1) is 24.3. The van der Waals surface area contributed by atoms with Gasteiger partial charge in [-0.1, -0.05) is 0 Å². The van der Waals surface area contributed by atoms with Crippen molar-refractivity contribution >= 4 is 41.6 Å². The maximum absolute atomic E-state index is 12.2. The average molecular weight is 505 g/mol. The van der Waals surface area contributed by atoms with Gasteiger partial charge in [-0.25, -0.2) is 4.99 Å². The summed E-state index contributed by atoms with van der Waals surface area (Å²) in [5.74, 6) is 1.46. The van der Waals surface area contributed by atoms with Crippen molar-refractivity contribution in [1.29, 1.82) is 0 Å². The average Bonchev–Trinajstić information content (AvgIpc) is 2.60. The van der Waals surface area contributed by atoms with Crippen molar-refractivity contribution < 1.29 is 19.0 Å². The molecule has 1 aromatic carbocycles. The van der Waals surface area contributed by atoms with E-state index in [2.05, 4.69) is 10.3 Å². The molecule has 0 bridgehead atoms. The number of hydrogen-bond acceptors (Lipinski definition) is 5. The van der Waals surface area contributed by atoms with Crippen molar-refractivity contribution in [2.24, 2.45) is 16.6 Å². The van der Waals surface area contributed by atoms with E-state index in [0.717, 1.165) is 31.4 Å². The van der Waals surface area contributed by atoms with Crippen LogP contribution >= 0.6 is 24.0 Å². The number of guanidine groups is 1. The molecule has 0 atom stereocenters. The smallest absolute Gasteiger partial charge is 0.309 e. The van der Waals surface area contributed by atoms with Crippen LogP contribution in [0, 0.1) is 5.92 Å². The van der Waals surface area contributed by atoms with Crippen LogP contribution in [0.1, 0.15) is 46.5 Å². The minimum Gasteiger partial charge on any atom is -0.493 e. The van der Waals surface area contributed by atoms with E-state index in [-0.39, 0.29) is 41.9 Å². The van der Waals surface area contributed by atoms with E-state index < -0.39 is 5.60 Å². The van der Waals surface area contributed by atoms with E-state index in [0.29, 0.717) is 17.5 Å². The first-order valence-corrected chi connectivity index (χ1v) is 9.27. The lowest BCUT2D eigenvalue weighted by Gasteiger charge is -2.28. The molecule has 1 aliphatic carbocycles. The second-order valence-corrected chi connectivity index (χ2v) is 7.75. The van der Waals surface area contributed by atoms with Crippen molar-refractivity contribution in [3.05, 3.63) is 18.2 Å². The van der Waals surface area contributed by atoms with Crippen molar-refractivity contribution in [1.82, 2.24) is 0 Å². The summed E-state index contributed by atoms with van der Waals surface area (Å²) >= 11 is 0. The van der Waals surface area contributed by atoms with Crippen LogP contribution in [0.5, 0.6) is 11.5 Å². The van der Waals surface area contributed by atoms with Gasteiger partial charge in [-0.3, -0.25) is 4.79 Å². The fourth-order valence-electron chi connectivity index (χ4n) is 3.12. The van der Waals surface area contributed by atoms with Crippen LogP contribution in [0.4, 0.5) is 5.69 Å². The zero-order valence-corrected chi connectivity index (χ0v) is 19.6. The summed E-state index contributed by atoms with van der Waals surface area (Å²) in [4.78, 5) is 16.7. The molecule has 0 unspecified atom stereocenters. The third kappa shape index (κ3) is 7.37. The lowest BCUT2D eigenvalue weighted by molar-refractivity contribution is -0.161. The molecule has 7 nitrogen and oxygen atoms in total. The Hall–Kier alpha value is -1.71. The van der Waals surface area contributed by atoms with Crippen LogP contribution in [-0.2, 0) is 9.53 Å². The standard InChI is InChI=1S/C20H31N3O4.HI/c1-20(2,3)27-18(24)13-6-8-14(9-7-13)22-19(21)23-15-10-11-16(25-4)17(12-15)26-5;/h10-14H,6-9H2,1-5H3,(H3,21,22,23);1H. The molecule has 1 fully saturated rings. The Labute approximate surface area is 184 Å². The molecule has 0 amide bonds. The summed E-state index contributed by atoms with van der Waals surface area (Å²) in [6.07, 6.45) is 3.18. The normalized spacial score (nSPS) is 20.0. The number of rotatable bonds is 5. The number of anilines is 1. The SMILES string of the molecule is COc1ccc(NC(N)=NC2CCC(C(=O)OC(C)(C)C)CC2)cc1OC.I. The monoisotopic (exact) mass is 505 g/mol. The Morgan fingerprint density at radius 1 is 1.11 bits per heavy atom. The number of nitrogens with one attached hydrogen (secondary N) is 1. The van der Waals surface area contributed by atoms with Crippen molar-refractivity contribution in [3.8, 4) is 11.5 Å². The summed E-state index contributed by atoms with van der Waals surface area (Å²) in [6.45, 7) is 5.67. The highest BCUT2D eigenvalue weighted by atomic mass is 127. The maximum atomic E-state index is 12.2.